The van der Waals surface area contributed by atoms with Gasteiger partial charge in [-0.2, -0.15) is 26.3 Å². The molecule has 1 aromatic rings. The first kappa shape index (κ1) is 15.2. The molecule has 0 aliphatic heterocycles. The Bertz CT molecular complexity index is 477. The van der Waals surface area contributed by atoms with Crippen molar-refractivity contribution in [1.82, 2.24) is 0 Å². The fraction of sp³-hybridized carbons (Fsp3) is 0.273. The Morgan fingerprint density at radius 2 is 1.58 bits per heavy atom. The molecule has 8 heteroatoms. The van der Waals surface area contributed by atoms with Crippen LogP contribution in [0.1, 0.15) is 11.1 Å². The molecule has 0 atom stereocenters. The highest BCUT2D eigenvalue weighted by Gasteiger charge is 2.74. The Morgan fingerprint density at radius 3 is 1.95 bits per heavy atom. The molecule has 2 nitrogen and oxygen atoms in total. The lowest BCUT2D eigenvalue weighted by atomic mass is 9.88. The Balaban J connectivity index is 3.65. The summed E-state index contributed by atoms with van der Waals surface area (Å²) in [6.45, 7) is 3.23. The second kappa shape index (κ2) is 4.67. The van der Waals surface area contributed by atoms with Crippen LogP contribution in [0.15, 0.2) is 36.0 Å². The van der Waals surface area contributed by atoms with Gasteiger partial charge in [0.15, 0.2) is 0 Å². The Morgan fingerprint density at radius 1 is 1.05 bits per heavy atom. The number of hydrogen-bond acceptors (Lipinski definition) is 2. The van der Waals surface area contributed by atoms with Crippen LogP contribution >= 0.6 is 0 Å². The van der Waals surface area contributed by atoms with Gasteiger partial charge < -0.3 is 0 Å². The van der Waals surface area contributed by atoms with Gasteiger partial charge in [0.25, 0.3) is 0 Å². The first-order valence-corrected chi connectivity index (χ1v) is 4.81. The number of nitroso groups, excluding NO2 is 1. The minimum Gasteiger partial charge on any atom is -0.167 e. The van der Waals surface area contributed by atoms with Crippen molar-refractivity contribution in [3.8, 4) is 0 Å². The lowest BCUT2D eigenvalue weighted by Gasteiger charge is -2.31. The number of hydrogen-bond donors (Lipinski definition) is 0. The van der Waals surface area contributed by atoms with Gasteiger partial charge in [-0.3, -0.25) is 0 Å². The van der Waals surface area contributed by atoms with E-state index >= 15 is 0 Å². The first-order valence-electron chi connectivity index (χ1n) is 4.81. The summed E-state index contributed by atoms with van der Waals surface area (Å²) in [6.07, 6.45) is -10.7. The molecule has 19 heavy (non-hydrogen) atoms. The third-order valence-electron chi connectivity index (χ3n) is 2.50. The van der Waals surface area contributed by atoms with Crippen LogP contribution < -0.4 is 0 Å². The fourth-order valence-corrected chi connectivity index (χ4v) is 1.53. The van der Waals surface area contributed by atoms with Gasteiger partial charge in [-0.15, -0.1) is 4.91 Å². The van der Waals surface area contributed by atoms with Crippen molar-refractivity contribution in [2.45, 2.75) is 17.9 Å². The molecule has 0 fully saturated rings. The minimum absolute atomic E-state index is 0.0130. The van der Waals surface area contributed by atoms with Crippen molar-refractivity contribution >= 4 is 6.08 Å². The summed E-state index contributed by atoms with van der Waals surface area (Å²) in [7, 11) is 0. The van der Waals surface area contributed by atoms with Crippen LogP contribution in [0.3, 0.4) is 0 Å². The highest BCUT2D eigenvalue weighted by Crippen LogP contribution is 2.53. The predicted molar refractivity (Wildman–Crippen MR) is 56.1 cm³/mol. The molecule has 0 aliphatic carbocycles. The fourth-order valence-electron chi connectivity index (χ4n) is 1.53. The van der Waals surface area contributed by atoms with Crippen molar-refractivity contribution in [3.05, 3.63) is 46.9 Å². The number of nitrogens with zero attached hydrogens (tertiary/aromatic N) is 1. The van der Waals surface area contributed by atoms with Crippen LogP contribution in [-0.2, 0) is 5.54 Å². The largest absolute Gasteiger partial charge is 0.430 e. The Kier molecular flexibility index (Phi) is 3.74. The van der Waals surface area contributed by atoms with Gasteiger partial charge >= 0.3 is 17.9 Å². The molecule has 0 spiro atoms. The zero-order chi connectivity index (χ0) is 14.9. The van der Waals surface area contributed by atoms with Crippen molar-refractivity contribution in [1.29, 1.82) is 0 Å². The molecule has 0 unspecified atom stereocenters. The zero-order valence-electron chi connectivity index (χ0n) is 9.22. The monoisotopic (exact) mass is 283 g/mol. The number of rotatable bonds is 3. The molecule has 0 bridgehead atoms. The molecular formula is C11H7F6NO. The smallest absolute Gasteiger partial charge is 0.167 e. The van der Waals surface area contributed by atoms with Crippen LogP contribution in [0.4, 0.5) is 26.3 Å². The molecule has 0 N–H and O–H groups in total. The van der Waals surface area contributed by atoms with Crippen LogP contribution in [0.2, 0.25) is 0 Å². The summed E-state index contributed by atoms with van der Waals surface area (Å²) >= 11 is 0. The van der Waals surface area contributed by atoms with Gasteiger partial charge in [0.05, 0.1) is 0 Å². The van der Waals surface area contributed by atoms with Gasteiger partial charge in [-0.1, -0.05) is 30.9 Å². The second-order valence-corrected chi connectivity index (χ2v) is 3.63. The number of halogens is 6. The first-order chi connectivity index (χ1) is 8.60. The highest BCUT2D eigenvalue weighted by molar-refractivity contribution is 5.49. The molecule has 0 heterocycles. The molecule has 0 aromatic heterocycles. The van der Waals surface area contributed by atoms with Crippen molar-refractivity contribution in [2.75, 3.05) is 0 Å². The number of alkyl halides is 6. The van der Waals surface area contributed by atoms with Crippen LogP contribution in [0, 0.1) is 4.91 Å². The molecule has 104 valence electrons. The van der Waals surface area contributed by atoms with E-state index in [2.05, 4.69) is 6.58 Å². The van der Waals surface area contributed by atoms with Crippen molar-refractivity contribution in [3.63, 3.8) is 0 Å². The maximum Gasteiger partial charge on any atom is 0.430 e. The summed E-state index contributed by atoms with van der Waals surface area (Å²) in [5.41, 5.74) is -6.06. The van der Waals surface area contributed by atoms with E-state index in [0.29, 0.717) is 12.1 Å². The van der Waals surface area contributed by atoms with Gasteiger partial charge in [0, 0.05) is 5.56 Å². The van der Waals surface area contributed by atoms with E-state index in [9.17, 15) is 31.2 Å². The Labute approximate surface area is 103 Å². The molecule has 0 radical (unpaired) electrons. The SMILES string of the molecule is C=Cc1cccc(C(N=O)(C(F)(F)F)C(F)(F)F)c1. The average molecular weight is 283 g/mol. The van der Waals surface area contributed by atoms with E-state index in [-0.39, 0.29) is 5.56 Å². The normalized spacial score (nSPS) is 13.2. The van der Waals surface area contributed by atoms with E-state index in [0.717, 1.165) is 12.1 Å². The zero-order valence-corrected chi connectivity index (χ0v) is 9.22. The van der Waals surface area contributed by atoms with Gasteiger partial charge in [0.2, 0.25) is 0 Å². The van der Waals surface area contributed by atoms with E-state index in [1.165, 1.54) is 11.2 Å². The third kappa shape index (κ3) is 2.34. The predicted octanol–water partition coefficient (Wildman–Crippen LogP) is 4.42. The molecular weight excluding hydrogens is 276 g/mol. The molecule has 0 saturated heterocycles. The van der Waals surface area contributed by atoms with Gasteiger partial charge in [-0.25, -0.2) is 0 Å². The second-order valence-electron chi connectivity index (χ2n) is 3.63. The molecule has 1 rings (SSSR count). The van der Waals surface area contributed by atoms with E-state index in [1.54, 1.807) is 0 Å². The summed E-state index contributed by atoms with van der Waals surface area (Å²) in [5, 5.41) is 1.37. The summed E-state index contributed by atoms with van der Waals surface area (Å²) in [4.78, 5) is 10.4. The van der Waals surface area contributed by atoms with Gasteiger partial charge in [-0.05, 0) is 16.8 Å². The minimum atomic E-state index is -5.90. The quantitative estimate of drug-likeness (QED) is 0.596. The molecule has 1 aromatic carbocycles. The Hall–Kier alpha value is -1.86. The van der Waals surface area contributed by atoms with Crippen LogP contribution in [0.5, 0.6) is 0 Å². The van der Waals surface area contributed by atoms with E-state index in [1.807, 2.05) is 0 Å². The van der Waals surface area contributed by atoms with E-state index in [4.69, 9.17) is 0 Å². The lowest BCUT2D eigenvalue weighted by Crippen LogP contribution is -2.52. The van der Waals surface area contributed by atoms with Gasteiger partial charge in [0.1, 0.15) is 0 Å². The van der Waals surface area contributed by atoms with Crippen molar-refractivity contribution < 1.29 is 26.3 Å². The standard InChI is InChI=1S/C11H7F6NO/c1-2-7-4-3-5-8(6-7)9(18-19,10(12,13)14)11(15,16)17/h2-6H,1H2. The van der Waals surface area contributed by atoms with E-state index < -0.39 is 23.5 Å². The average Bonchev–Trinajstić information content (AvgIpc) is 2.27. The maximum absolute atomic E-state index is 12.8. The number of benzene rings is 1. The summed E-state index contributed by atoms with van der Waals surface area (Å²) < 4.78 is 76.5. The molecule has 0 amide bonds. The van der Waals surface area contributed by atoms with Crippen LogP contribution in [0.25, 0.3) is 6.08 Å². The lowest BCUT2D eigenvalue weighted by molar-refractivity contribution is -0.301. The topological polar surface area (TPSA) is 29.4 Å². The van der Waals surface area contributed by atoms with Crippen molar-refractivity contribution in [2.24, 2.45) is 5.18 Å². The molecule has 0 aliphatic rings. The third-order valence-corrected chi connectivity index (χ3v) is 2.50. The van der Waals surface area contributed by atoms with Crippen LogP contribution in [-0.4, -0.2) is 12.4 Å². The summed E-state index contributed by atoms with van der Waals surface area (Å²) in [5.74, 6) is 0. The highest BCUT2D eigenvalue weighted by atomic mass is 19.4. The summed E-state index contributed by atoms with van der Waals surface area (Å²) in [6, 6.07) is 3.34. The molecule has 0 saturated carbocycles. The maximum atomic E-state index is 12.8.